The quantitative estimate of drug-likeness (QED) is 0.746. The molecule has 166 valence electrons. The van der Waals surface area contributed by atoms with Crippen molar-refractivity contribution >= 4 is 29.1 Å². The first kappa shape index (κ1) is 22.9. The molecule has 2 saturated heterocycles. The molecule has 0 spiro atoms. The van der Waals surface area contributed by atoms with Crippen molar-refractivity contribution in [3.63, 3.8) is 0 Å². The van der Waals surface area contributed by atoms with Gasteiger partial charge in [0.15, 0.2) is 0 Å². The molecule has 2 amide bonds. The Morgan fingerprint density at radius 3 is 2.27 bits per heavy atom. The summed E-state index contributed by atoms with van der Waals surface area (Å²) in [5, 5.41) is 2.16. The van der Waals surface area contributed by atoms with Crippen LogP contribution in [0.2, 0.25) is 5.02 Å². The van der Waals surface area contributed by atoms with Gasteiger partial charge in [-0.15, -0.1) is 0 Å². The van der Waals surface area contributed by atoms with Gasteiger partial charge in [0.1, 0.15) is 0 Å². The lowest BCUT2D eigenvalue weighted by Crippen LogP contribution is -2.44. The smallest absolute Gasteiger partial charge is 0.342 e. The summed E-state index contributed by atoms with van der Waals surface area (Å²) in [6.07, 6.45) is 1.13. The van der Waals surface area contributed by atoms with Crippen molar-refractivity contribution < 1.29 is 22.8 Å². The minimum absolute atomic E-state index is 0.0346. The van der Waals surface area contributed by atoms with Crippen molar-refractivity contribution in [1.82, 2.24) is 9.80 Å². The maximum atomic E-state index is 13.2. The third-order valence-electron chi connectivity index (χ3n) is 5.81. The van der Waals surface area contributed by atoms with Crippen LogP contribution >= 0.6 is 11.6 Å². The second kappa shape index (κ2) is 10.0. The fraction of sp³-hybridized carbons (Fsp3) is 0.619. The van der Waals surface area contributed by atoms with Crippen LogP contribution in [-0.2, 0) is 15.8 Å². The monoisotopic (exact) mass is 445 g/mol. The van der Waals surface area contributed by atoms with Gasteiger partial charge in [0, 0.05) is 19.0 Å². The molecule has 1 N–H and O–H groups in total. The van der Waals surface area contributed by atoms with E-state index in [0.717, 1.165) is 32.0 Å². The van der Waals surface area contributed by atoms with Crippen LogP contribution < -0.4 is 5.32 Å². The van der Waals surface area contributed by atoms with E-state index < -0.39 is 23.3 Å². The van der Waals surface area contributed by atoms with Crippen LogP contribution in [0.4, 0.5) is 18.9 Å². The molecule has 2 aliphatic heterocycles. The highest BCUT2D eigenvalue weighted by Crippen LogP contribution is 2.38. The third kappa shape index (κ3) is 5.88. The van der Waals surface area contributed by atoms with E-state index >= 15 is 0 Å². The first-order valence-electron chi connectivity index (χ1n) is 10.4. The average molecular weight is 446 g/mol. The number of carbonyl (C=O) groups is 2. The zero-order chi connectivity index (χ0) is 21.7. The number of amides is 2. The highest BCUT2D eigenvalue weighted by molar-refractivity contribution is 6.34. The summed E-state index contributed by atoms with van der Waals surface area (Å²) in [5.41, 5.74) is -1.38. The molecular formula is C21H27ClF3N3O2. The predicted octanol–water partition coefficient (Wildman–Crippen LogP) is 4.41. The van der Waals surface area contributed by atoms with Gasteiger partial charge < -0.3 is 10.2 Å². The molecule has 0 aromatic heterocycles. The van der Waals surface area contributed by atoms with Crippen LogP contribution in [0.25, 0.3) is 0 Å². The van der Waals surface area contributed by atoms with Crippen molar-refractivity contribution in [3.05, 3.63) is 28.8 Å². The van der Waals surface area contributed by atoms with Gasteiger partial charge in [0.2, 0.25) is 11.8 Å². The van der Waals surface area contributed by atoms with Crippen LogP contribution in [0, 0.1) is 5.92 Å². The third-order valence-corrected chi connectivity index (χ3v) is 6.12. The number of para-hydroxylation sites is 1. The van der Waals surface area contributed by atoms with E-state index in [2.05, 4.69) is 5.32 Å². The molecule has 0 aliphatic carbocycles. The molecule has 0 unspecified atom stereocenters. The van der Waals surface area contributed by atoms with Crippen molar-refractivity contribution in [1.29, 1.82) is 0 Å². The lowest BCUT2D eigenvalue weighted by Gasteiger charge is -2.33. The summed E-state index contributed by atoms with van der Waals surface area (Å²) >= 11 is 5.89. The van der Waals surface area contributed by atoms with Crippen molar-refractivity contribution in [3.8, 4) is 0 Å². The number of benzene rings is 1. The van der Waals surface area contributed by atoms with Crippen molar-refractivity contribution in [2.45, 2.75) is 44.7 Å². The number of nitrogens with one attached hydrogen (secondary N) is 1. The molecule has 2 heterocycles. The summed E-state index contributed by atoms with van der Waals surface area (Å²) in [6, 6.07) is 3.40. The summed E-state index contributed by atoms with van der Waals surface area (Å²) in [7, 11) is 0. The number of piperidine rings is 1. The number of carbonyl (C=O) groups excluding carboxylic acids is 2. The van der Waals surface area contributed by atoms with Crippen LogP contribution in [-0.4, -0.2) is 54.3 Å². The zero-order valence-electron chi connectivity index (χ0n) is 16.8. The Bertz CT molecular complexity index is 756. The number of nitrogens with zero attached hydrogens (tertiary/aromatic N) is 2. The fourth-order valence-corrected chi connectivity index (χ4v) is 4.38. The van der Waals surface area contributed by atoms with Crippen molar-refractivity contribution in [2.24, 2.45) is 5.92 Å². The van der Waals surface area contributed by atoms with Crippen LogP contribution in [0.3, 0.4) is 0 Å². The van der Waals surface area contributed by atoms with Gasteiger partial charge in [0.05, 0.1) is 22.8 Å². The summed E-state index contributed by atoms with van der Waals surface area (Å²) in [4.78, 5) is 28.9. The Morgan fingerprint density at radius 1 is 1.03 bits per heavy atom. The van der Waals surface area contributed by atoms with Crippen molar-refractivity contribution in [2.75, 3.05) is 38.0 Å². The molecule has 2 aliphatic rings. The highest BCUT2D eigenvalue weighted by atomic mass is 35.5. The SMILES string of the molecule is O=C(CN1CCC(C(=O)N2CCCCCC2)CC1)Nc1c(Cl)cccc1C(F)(F)F. The Hall–Kier alpha value is -1.80. The molecule has 1 aromatic rings. The molecule has 9 heteroatoms. The Kier molecular flexibility index (Phi) is 7.63. The van der Waals surface area contributed by atoms with E-state index in [0.29, 0.717) is 25.9 Å². The standard InChI is InChI=1S/C21H27ClF3N3O2/c22-17-7-5-6-16(21(23,24)25)19(17)26-18(29)14-27-12-8-15(9-13-27)20(30)28-10-3-1-2-4-11-28/h5-7,15H,1-4,8-14H2,(H,26,29). The van der Waals surface area contributed by atoms with Crippen LogP contribution in [0.15, 0.2) is 18.2 Å². The maximum absolute atomic E-state index is 13.2. The van der Waals surface area contributed by atoms with Gasteiger partial charge in [0.25, 0.3) is 0 Å². The molecule has 0 saturated carbocycles. The normalized spacial score (nSPS) is 19.4. The minimum atomic E-state index is -4.61. The van der Waals surface area contributed by atoms with Gasteiger partial charge in [-0.1, -0.05) is 30.5 Å². The van der Waals surface area contributed by atoms with E-state index in [4.69, 9.17) is 11.6 Å². The van der Waals surface area contributed by atoms with Gasteiger partial charge in [-0.25, -0.2) is 0 Å². The maximum Gasteiger partial charge on any atom is 0.418 e. The molecule has 2 fully saturated rings. The summed E-state index contributed by atoms with van der Waals surface area (Å²) in [6.45, 7) is 2.73. The number of rotatable bonds is 4. The number of anilines is 1. The Labute approximate surface area is 179 Å². The lowest BCUT2D eigenvalue weighted by atomic mass is 9.95. The van der Waals surface area contributed by atoms with Gasteiger partial charge in [-0.3, -0.25) is 14.5 Å². The van der Waals surface area contributed by atoms with Gasteiger partial charge in [-0.2, -0.15) is 13.2 Å². The minimum Gasteiger partial charge on any atom is -0.342 e. The van der Waals surface area contributed by atoms with E-state index in [1.165, 1.54) is 25.0 Å². The van der Waals surface area contributed by atoms with Crippen LogP contribution in [0.5, 0.6) is 0 Å². The molecule has 0 radical (unpaired) electrons. The predicted molar refractivity (Wildman–Crippen MR) is 109 cm³/mol. The fourth-order valence-electron chi connectivity index (χ4n) is 4.16. The molecule has 5 nitrogen and oxygen atoms in total. The number of hydrogen-bond acceptors (Lipinski definition) is 3. The molecular weight excluding hydrogens is 419 g/mol. The Morgan fingerprint density at radius 2 is 1.67 bits per heavy atom. The number of halogens is 4. The molecule has 0 atom stereocenters. The summed E-state index contributed by atoms with van der Waals surface area (Å²) in [5.74, 6) is -0.388. The van der Waals surface area contributed by atoms with Crippen LogP contribution in [0.1, 0.15) is 44.1 Å². The van der Waals surface area contributed by atoms with E-state index in [1.54, 1.807) is 0 Å². The second-order valence-electron chi connectivity index (χ2n) is 8.00. The second-order valence-corrected chi connectivity index (χ2v) is 8.41. The molecule has 30 heavy (non-hydrogen) atoms. The first-order chi connectivity index (χ1) is 14.3. The largest absolute Gasteiger partial charge is 0.418 e. The molecule has 0 bridgehead atoms. The zero-order valence-corrected chi connectivity index (χ0v) is 17.6. The number of alkyl halides is 3. The van der Waals surface area contributed by atoms with Gasteiger partial charge in [-0.05, 0) is 50.9 Å². The van der Waals surface area contributed by atoms with Gasteiger partial charge >= 0.3 is 6.18 Å². The average Bonchev–Trinajstić information content (AvgIpc) is 2.98. The Balaban J connectivity index is 1.52. The van der Waals surface area contributed by atoms with E-state index in [-0.39, 0.29) is 23.4 Å². The summed E-state index contributed by atoms with van der Waals surface area (Å²) < 4.78 is 39.5. The van der Waals surface area contributed by atoms with E-state index in [9.17, 15) is 22.8 Å². The highest BCUT2D eigenvalue weighted by Gasteiger charge is 2.35. The van der Waals surface area contributed by atoms with E-state index in [1.807, 2.05) is 9.80 Å². The topological polar surface area (TPSA) is 52.7 Å². The molecule has 3 rings (SSSR count). The molecule has 1 aromatic carbocycles. The lowest BCUT2D eigenvalue weighted by molar-refractivity contribution is -0.137. The number of likely N-dealkylation sites (tertiary alicyclic amines) is 2. The number of hydrogen-bond donors (Lipinski definition) is 1. The first-order valence-corrected chi connectivity index (χ1v) is 10.8.